The van der Waals surface area contributed by atoms with E-state index in [9.17, 15) is 9.59 Å². The molecule has 6 heteroatoms. The number of anilines is 1. The summed E-state index contributed by atoms with van der Waals surface area (Å²) in [6, 6.07) is 0. The van der Waals surface area contributed by atoms with E-state index in [1.165, 1.54) is 18.4 Å². The van der Waals surface area contributed by atoms with E-state index in [4.69, 9.17) is 5.11 Å². The van der Waals surface area contributed by atoms with Crippen molar-refractivity contribution in [3.63, 3.8) is 0 Å². The Morgan fingerprint density at radius 2 is 2.06 bits per heavy atom. The zero-order valence-electron chi connectivity index (χ0n) is 9.29. The predicted molar refractivity (Wildman–Crippen MR) is 61.3 cm³/mol. The molecule has 0 spiro atoms. The van der Waals surface area contributed by atoms with Gasteiger partial charge in [-0.1, -0.05) is 0 Å². The molecular formula is C10H13NO4S. The first-order valence-electron chi connectivity index (χ1n) is 4.59. The molecule has 1 aromatic heterocycles. The fourth-order valence-electron chi connectivity index (χ4n) is 1.27. The van der Waals surface area contributed by atoms with Crippen molar-refractivity contribution in [1.29, 1.82) is 0 Å². The molecule has 0 aliphatic carbocycles. The molecule has 0 atom stereocenters. The number of carbonyl (C=O) groups excluding carboxylic acids is 1. The number of hydrogen-bond donors (Lipinski definition) is 2. The standard InChI is InChI=1S/C10H13NO4S/c1-5-6(2)16-9(8(5)10(13)14)11-7(12)4-15-3/h4H2,1-3H3,(H,11,12)(H,13,14). The molecule has 0 bridgehead atoms. The van der Waals surface area contributed by atoms with Crippen molar-refractivity contribution in [1.82, 2.24) is 0 Å². The van der Waals surface area contributed by atoms with Gasteiger partial charge in [-0.25, -0.2) is 4.79 Å². The molecule has 1 heterocycles. The van der Waals surface area contributed by atoms with Crippen LogP contribution in [0.5, 0.6) is 0 Å². The number of carbonyl (C=O) groups is 2. The highest BCUT2D eigenvalue weighted by atomic mass is 32.1. The minimum atomic E-state index is -1.03. The summed E-state index contributed by atoms with van der Waals surface area (Å²) in [5, 5.41) is 11.9. The third-order valence-electron chi connectivity index (χ3n) is 2.13. The number of aryl methyl sites for hydroxylation is 1. The Balaban J connectivity index is 3.00. The topological polar surface area (TPSA) is 75.6 Å². The van der Waals surface area contributed by atoms with Crippen molar-refractivity contribution in [2.75, 3.05) is 19.0 Å². The van der Waals surface area contributed by atoms with Crippen LogP contribution in [0.1, 0.15) is 20.8 Å². The maximum atomic E-state index is 11.3. The summed E-state index contributed by atoms with van der Waals surface area (Å²) in [4.78, 5) is 23.2. The molecule has 1 rings (SSSR count). The molecule has 1 amide bonds. The molecule has 5 nitrogen and oxygen atoms in total. The summed E-state index contributed by atoms with van der Waals surface area (Å²) in [5.74, 6) is -1.39. The monoisotopic (exact) mass is 243 g/mol. The smallest absolute Gasteiger partial charge is 0.338 e. The lowest BCUT2D eigenvalue weighted by atomic mass is 10.1. The molecule has 1 aromatic rings. The zero-order valence-corrected chi connectivity index (χ0v) is 10.1. The van der Waals surface area contributed by atoms with Gasteiger partial charge in [-0.15, -0.1) is 11.3 Å². The molecule has 88 valence electrons. The predicted octanol–water partition coefficient (Wildman–Crippen LogP) is 1.65. The highest BCUT2D eigenvalue weighted by molar-refractivity contribution is 7.16. The summed E-state index contributed by atoms with van der Waals surface area (Å²) in [6.07, 6.45) is 0. The largest absolute Gasteiger partial charge is 0.478 e. The van der Waals surface area contributed by atoms with Crippen LogP contribution in [0, 0.1) is 13.8 Å². The van der Waals surface area contributed by atoms with Gasteiger partial charge in [0.05, 0.1) is 5.56 Å². The fraction of sp³-hybridized carbons (Fsp3) is 0.400. The number of methoxy groups -OCH3 is 1. The average Bonchev–Trinajstić information content (AvgIpc) is 2.42. The van der Waals surface area contributed by atoms with Gasteiger partial charge in [-0.2, -0.15) is 0 Å². The lowest BCUT2D eigenvalue weighted by Gasteiger charge is -2.03. The molecule has 0 aliphatic rings. The van der Waals surface area contributed by atoms with Gasteiger partial charge in [-0.3, -0.25) is 4.79 Å². The van der Waals surface area contributed by atoms with E-state index >= 15 is 0 Å². The van der Waals surface area contributed by atoms with Crippen LogP contribution in [0.15, 0.2) is 0 Å². The van der Waals surface area contributed by atoms with E-state index < -0.39 is 5.97 Å². The first kappa shape index (κ1) is 12.7. The highest BCUT2D eigenvalue weighted by Crippen LogP contribution is 2.32. The molecule has 16 heavy (non-hydrogen) atoms. The summed E-state index contributed by atoms with van der Waals surface area (Å²) >= 11 is 1.26. The Labute approximate surface area is 97.0 Å². The van der Waals surface area contributed by atoms with E-state index in [2.05, 4.69) is 10.1 Å². The minimum Gasteiger partial charge on any atom is -0.478 e. The SMILES string of the molecule is COCC(=O)Nc1sc(C)c(C)c1C(=O)O. The lowest BCUT2D eigenvalue weighted by Crippen LogP contribution is -2.18. The molecule has 0 fully saturated rings. The normalized spacial score (nSPS) is 10.2. The average molecular weight is 243 g/mol. The van der Waals surface area contributed by atoms with Gasteiger partial charge in [0.2, 0.25) is 0 Å². The van der Waals surface area contributed by atoms with Crippen LogP contribution < -0.4 is 5.32 Å². The van der Waals surface area contributed by atoms with Gasteiger partial charge in [-0.05, 0) is 19.4 Å². The van der Waals surface area contributed by atoms with Crippen molar-refractivity contribution in [3.8, 4) is 0 Å². The van der Waals surface area contributed by atoms with Crippen LogP contribution in [0.2, 0.25) is 0 Å². The summed E-state index contributed by atoms with van der Waals surface area (Å²) in [5.41, 5.74) is 0.845. The number of amides is 1. The number of rotatable bonds is 4. The molecule has 0 aliphatic heterocycles. The number of nitrogens with one attached hydrogen (secondary N) is 1. The van der Waals surface area contributed by atoms with Gasteiger partial charge >= 0.3 is 5.97 Å². The number of aromatic carboxylic acids is 1. The number of carboxylic acid groups (broad SMARTS) is 1. The van der Waals surface area contributed by atoms with E-state index in [0.29, 0.717) is 10.6 Å². The summed E-state index contributed by atoms with van der Waals surface area (Å²) < 4.78 is 4.66. The second kappa shape index (κ2) is 5.09. The fourth-order valence-corrected chi connectivity index (χ4v) is 2.34. The van der Waals surface area contributed by atoms with Crippen LogP contribution in [0.25, 0.3) is 0 Å². The summed E-state index contributed by atoms with van der Waals surface area (Å²) in [7, 11) is 1.41. The molecule has 0 unspecified atom stereocenters. The van der Waals surface area contributed by atoms with Gasteiger partial charge < -0.3 is 15.2 Å². The number of ether oxygens (including phenoxy) is 1. The third kappa shape index (κ3) is 2.59. The number of hydrogen-bond acceptors (Lipinski definition) is 4. The highest BCUT2D eigenvalue weighted by Gasteiger charge is 2.19. The Morgan fingerprint density at radius 1 is 1.44 bits per heavy atom. The number of thiophene rings is 1. The van der Waals surface area contributed by atoms with Gasteiger partial charge in [0, 0.05) is 12.0 Å². The van der Waals surface area contributed by atoms with Crippen LogP contribution in [-0.2, 0) is 9.53 Å². The lowest BCUT2D eigenvalue weighted by molar-refractivity contribution is -0.119. The maximum Gasteiger partial charge on any atom is 0.338 e. The van der Waals surface area contributed by atoms with Crippen LogP contribution in [0.3, 0.4) is 0 Å². The van der Waals surface area contributed by atoms with Crippen molar-refractivity contribution >= 4 is 28.2 Å². The van der Waals surface area contributed by atoms with Crippen LogP contribution in [-0.4, -0.2) is 30.7 Å². The molecule has 2 N–H and O–H groups in total. The second-order valence-electron chi connectivity index (χ2n) is 3.27. The first-order valence-corrected chi connectivity index (χ1v) is 5.41. The second-order valence-corrected chi connectivity index (χ2v) is 4.50. The zero-order chi connectivity index (χ0) is 12.3. The minimum absolute atomic E-state index is 0.0882. The Morgan fingerprint density at radius 3 is 2.56 bits per heavy atom. The molecule has 0 saturated carbocycles. The molecule has 0 radical (unpaired) electrons. The maximum absolute atomic E-state index is 11.3. The van der Waals surface area contributed by atoms with Gasteiger partial charge in [0.1, 0.15) is 11.6 Å². The van der Waals surface area contributed by atoms with E-state index in [0.717, 1.165) is 4.88 Å². The quantitative estimate of drug-likeness (QED) is 0.843. The van der Waals surface area contributed by atoms with E-state index in [1.54, 1.807) is 6.92 Å². The van der Waals surface area contributed by atoms with E-state index in [-0.39, 0.29) is 18.1 Å². The van der Waals surface area contributed by atoms with Crippen molar-refractivity contribution in [2.24, 2.45) is 0 Å². The summed E-state index contributed by atoms with van der Waals surface area (Å²) in [6.45, 7) is 3.45. The van der Waals surface area contributed by atoms with Gasteiger partial charge in [0.15, 0.2) is 0 Å². The van der Waals surface area contributed by atoms with E-state index in [1.807, 2.05) is 6.92 Å². The van der Waals surface area contributed by atoms with Gasteiger partial charge in [0.25, 0.3) is 5.91 Å². The molecule has 0 saturated heterocycles. The Kier molecular flexibility index (Phi) is 4.03. The van der Waals surface area contributed by atoms with Crippen molar-refractivity contribution in [3.05, 3.63) is 16.0 Å². The Hall–Kier alpha value is -1.40. The van der Waals surface area contributed by atoms with Crippen molar-refractivity contribution in [2.45, 2.75) is 13.8 Å². The first-order chi connectivity index (χ1) is 7.47. The van der Waals surface area contributed by atoms with Crippen molar-refractivity contribution < 1.29 is 19.4 Å². The van der Waals surface area contributed by atoms with Crippen LogP contribution >= 0.6 is 11.3 Å². The Bertz CT molecular complexity index is 425. The molecule has 0 aromatic carbocycles. The number of carboxylic acids is 1. The third-order valence-corrected chi connectivity index (χ3v) is 3.25. The molecular weight excluding hydrogens is 230 g/mol. The van der Waals surface area contributed by atoms with Crippen LogP contribution in [0.4, 0.5) is 5.00 Å².